The number of hydrogen-bond acceptors (Lipinski definition) is 4. The van der Waals surface area contributed by atoms with Gasteiger partial charge in [0.1, 0.15) is 11.5 Å². The largest absolute Gasteiger partial charge is 0.497 e. The van der Waals surface area contributed by atoms with Gasteiger partial charge in [-0.1, -0.05) is 0 Å². The van der Waals surface area contributed by atoms with Gasteiger partial charge in [0, 0.05) is 13.1 Å². The third-order valence-electron chi connectivity index (χ3n) is 2.29. The molecule has 0 aliphatic carbocycles. The van der Waals surface area contributed by atoms with E-state index in [9.17, 15) is 0 Å². The maximum absolute atomic E-state index is 5.34. The second-order valence-electron chi connectivity index (χ2n) is 3.33. The minimum atomic E-state index is 0.642. The Labute approximate surface area is 96.4 Å². The molecule has 15 heavy (non-hydrogen) atoms. The molecule has 0 aliphatic rings. The van der Waals surface area contributed by atoms with E-state index >= 15 is 0 Å². The van der Waals surface area contributed by atoms with E-state index in [0.717, 1.165) is 22.7 Å². The Morgan fingerprint density at radius 3 is 2.40 bits per heavy atom. The summed E-state index contributed by atoms with van der Waals surface area (Å²) in [5.41, 5.74) is 2.16. The first-order valence-electron chi connectivity index (χ1n) is 4.68. The quantitative estimate of drug-likeness (QED) is 0.630. The maximum Gasteiger partial charge on any atom is 0.146 e. The topological polar surface area (TPSA) is 21.7 Å². The summed E-state index contributed by atoms with van der Waals surface area (Å²) in [4.78, 5) is 2.02. The first-order chi connectivity index (χ1) is 7.13. The molecule has 0 fully saturated rings. The lowest BCUT2D eigenvalue weighted by molar-refractivity contribution is 0.394. The van der Waals surface area contributed by atoms with Crippen LogP contribution in [0.15, 0.2) is 12.1 Å². The summed E-state index contributed by atoms with van der Waals surface area (Å²) in [6.45, 7) is 2.03. The Bertz CT molecular complexity index is 342. The van der Waals surface area contributed by atoms with Gasteiger partial charge in [0.05, 0.1) is 25.8 Å². The summed E-state index contributed by atoms with van der Waals surface area (Å²) in [6, 6.07) is 3.86. The number of thiol groups is 1. The second-order valence-corrected chi connectivity index (χ2v) is 3.62. The Hall–Kier alpha value is -1.03. The fraction of sp³-hybridized carbons (Fsp3) is 0.455. The van der Waals surface area contributed by atoms with Gasteiger partial charge in [-0.25, -0.2) is 0 Å². The smallest absolute Gasteiger partial charge is 0.146 e. The average molecular weight is 227 g/mol. The minimum Gasteiger partial charge on any atom is -0.497 e. The molecule has 0 heterocycles. The van der Waals surface area contributed by atoms with Crippen LogP contribution >= 0.6 is 12.6 Å². The highest BCUT2D eigenvalue weighted by molar-refractivity contribution is 7.80. The van der Waals surface area contributed by atoms with Gasteiger partial charge in [0.2, 0.25) is 0 Å². The SMILES string of the molecule is COc1cc(C)c(N(C)CS)c(OC)c1. The lowest BCUT2D eigenvalue weighted by Gasteiger charge is -2.22. The van der Waals surface area contributed by atoms with E-state index in [0.29, 0.717) is 5.88 Å². The zero-order valence-corrected chi connectivity index (χ0v) is 10.5. The van der Waals surface area contributed by atoms with Crippen molar-refractivity contribution >= 4 is 18.3 Å². The van der Waals surface area contributed by atoms with Crippen molar-refractivity contribution in [1.29, 1.82) is 0 Å². The number of hydrogen-bond donors (Lipinski definition) is 1. The number of methoxy groups -OCH3 is 2. The van der Waals surface area contributed by atoms with E-state index in [-0.39, 0.29) is 0 Å². The zero-order valence-electron chi connectivity index (χ0n) is 9.57. The van der Waals surface area contributed by atoms with Crippen molar-refractivity contribution in [2.45, 2.75) is 6.92 Å². The molecule has 0 bridgehead atoms. The zero-order chi connectivity index (χ0) is 11.4. The second kappa shape index (κ2) is 5.16. The monoisotopic (exact) mass is 227 g/mol. The number of anilines is 1. The Kier molecular flexibility index (Phi) is 4.15. The summed E-state index contributed by atoms with van der Waals surface area (Å²) in [6.07, 6.45) is 0. The number of benzene rings is 1. The first kappa shape index (κ1) is 12.0. The summed E-state index contributed by atoms with van der Waals surface area (Å²) < 4.78 is 10.5. The minimum absolute atomic E-state index is 0.642. The lowest BCUT2D eigenvalue weighted by Crippen LogP contribution is -2.16. The summed E-state index contributed by atoms with van der Waals surface area (Å²) >= 11 is 4.25. The molecule has 4 heteroatoms. The molecule has 84 valence electrons. The Morgan fingerprint density at radius 1 is 1.27 bits per heavy atom. The van der Waals surface area contributed by atoms with Crippen molar-refractivity contribution in [3.63, 3.8) is 0 Å². The normalized spacial score (nSPS) is 9.93. The van der Waals surface area contributed by atoms with Crippen LogP contribution in [-0.4, -0.2) is 27.1 Å². The molecule has 3 nitrogen and oxygen atoms in total. The average Bonchev–Trinajstić information content (AvgIpc) is 2.26. The number of nitrogens with zero attached hydrogens (tertiary/aromatic N) is 1. The van der Waals surface area contributed by atoms with Crippen molar-refractivity contribution in [2.75, 3.05) is 32.0 Å². The number of aryl methyl sites for hydroxylation is 1. The van der Waals surface area contributed by atoms with Crippen molar-refractivity contribution in [2.24, 2.45) is 0 Å². The van der Waals surface area contributed by atoms with Crippen molar-refractivity contribution in [3.05, 3.63) is 17.7 Å². The molecule has 0 aliphatic heterocycles. The molecule has 0 radical (unpaired) electrons. The number of ether oxygens (including phenoxy) is 2. The van der Waals surface area contributed by atoms with E-state index in [1.165, 1.54) is 0 Å². The van der Waals surface area contributed by atoms with Crippen LogP contribution in [0.2, 0.25) is 0 Å². The van der Waals surface area contributed by atoms with Crippen molar-refractivity contribution in [1.82, 2.24) is 0 Å². The van der Waals surface area contributed by atoms with Crippen LogP contribution in [0.1, 0.15) is 5.56 Å². The molecule has 0 unspecified atom stereocenters. The number of rotatable bonds is 4. The van der Waals surface area contributed by atoms with Crippen LogP contribution in [-0.2, 0) is 0 Å². The van der Waals surface area contributed by atoms with Gasteiger partial charge < -0.3 is 14.4 Å². The van der Waals surface area contributed by atoms with Crippen LogP contribution in [0.3, 0.4) is 0 Å². The van der Waals surface area contributed by atoms with Gasteiger partial charge in [-0.3, -0.25) is 0 Å². The molecule has 1 aromatic rings. The molecule has 0 saturated carbocycles. The molecule has 0 saturated heterocycles. The molecule has 0 atom stereocenters. The fourth-order valence-corrected chi connectivity index (χ4v) is 1.69. The molecule has 0 spiro atoms. The van der Waals surface area contributed by atoms with Crippen molar-refractivity contribution < 1.29 is 9.47 Å². The van der Waals surface area contributed by atoms with Crippen LogP contribution in [0.4, 0.5) is 5.69 Å². The molecule has 0 amide bonds. The van der Waals surface area contributed by atoms with Crippen LogP contribution in [0.5, 0.6) is 11.5 Å². The maximum atomic E-state index is 5.34. The molecular formula is C11H17NO2S. The predicted octanol–water partition coefficient (Wildman–Crippen LogP) is 2.34. The van der Waals surface area contributed by atoms with E-state index < -0.39 is 0 Å². The highest BCUT2D eigenvalue weighted by Crippen LogP contribution is 2.35. The highest BCUT2D eigenvalue weighted by Gasteiger charge is 2.12. The third kappa shape index (κ3) is 2.50. The molecule has 0 N–H and O–H groups in total. The van der Waals surface area contributed by atoms with Crippen LogP contribution in [0, 0.1) is 6.92 Å². The first-order valence-corrected chi connectivity index (χ1v) is 5.32. The highest BCUT2D eigenvalue weighted by atomic mass is 32.1. The van der Waals surface area contributed by atoms with Crippen molar-refractivity contribution in [3.8, 4) is 11.5 Å². The van der Waals surface area contributed by atoms with Gasteiger partial charge in [0.15, 0.2) is 0 Å². The van der Waals surface area contributed by atoms with E-state index in [2.05, 4.69) is 12.6 Å². The van der Waals surface area contributed by atoms with Gasteiger partial charge in [0.25, 0.3) is 0 Å². The van der Waals surface area contributed by atoms with Crippen LogP contribution in [0.25, 0.3) is 0 Å². The van der Waals surface area contributed by atoms with E-state index in [4.69, 9.17) is 9.47 Å². The molecule has 1 aromatic carbocycles. The van der Waals surface area contributed by atoms with Gasteiger partial charge in [-0.15, -0.1) is 0 Å². The lowest BCUT2D eigenvalue weighted by atomic mass is 10.1. The van der Waals surface area contributed by atoms with Gasteiger partial charge in [-0.05, 0) is 18.6 Å². The summed E-state index contributed by atoms with van der Waals surface area (Å²) in [5, 5.41) is 0. The third-order valence-corrected chi connectivity index (χ3v) is 2.71. The Morgan fingerprint density at radius 2 is 1.93 bits per heavy atom. The summed E-state index contributed by atoms with van der Waals surface area (Å²) in [7, 11) is 5.28. The Balaban J connectivity index is 3.24. The molecule has 0 aromatic heterocycles. The van der Waals surface area contributed by atoms with E-state index in [1.54, 1.807) is 14.2 Å². The predicted molar refractivity (Wildman–Crippen MR) is 66.5 cm³/mol. The van der Waals surface area contributed by atoms with Crippen LogP contribution < -0.4 is 14.4 Å². The van der Waals surface area contributed by atoms with Gasteiger partial charge in [-0.2, -0.15) is 12.6 Å². The van der Waals surface area contributed by atoms with E-state index in [1.807, 2.05) is 31.0 Å². The molecular weight excluding hydrogens is 210 g/mol. The standard InChI is InChI=1S/C11H17NO2S/c1-8-5-9(13-3)6-10(14-4)11(8)12(2)7-15/h5-6,15H,7H2,1-4H3. The molecule has 1 rings (SSSR count). The fourth-order valence-electron chi connectivity index (χ4n) is 1.55. The summed E-state index contributed by atoms with van der Waals surface area (Å²) in [5.74, 6) is 2.26. The van der Waals surface area contributed by atoms with Gasteiger partial charge >= 0.3 is 0 Å².